The van der Waals surface area contributed by atoms with Crippen molar-refractivity contribution in [1.29, 1.82) is 0 Å². The molecule has 2 atom stereocenters. The molecule has 2 saturated heterocycles. The van der Waals surface area contributed by atoms with Crippen molar-refractivity contribution in [2.75, 3.05) is 19.6 Å². The molecule has 2 aliphatic rings. The van der Waals surface area contributed by atoms with Crippen LogP contribution in [0.3, 0.4) is 0 Å². The van der Waals surface area contributed by atoms with Gasteiger partial charge in [-0.1, -0.05) is 11.6 Å². The Morgan fingerprint density at radius 3 is 2.63 bits per heavy atom. The van der Waals surface area contributed by atoms with Crippen molar-refractivity contribution < 1.29 is 13.9 Å². The summed E-state index contributed by atoms with van der Waals surface area (Å²) in [5.74, 6) is 1.07. The number of benzene rings is 1. The molecule has 150 valence electrons. The Balaban J connectivity index is 0.00000131. The molecule has 0 spiro atoms. The standard InChI is InChI=1S/C18H22ClN3O3.2ClH/c19-12-1-3-15-14(9-12)21-17(25-15)11-5-7-22(8-6-11)18(23)16-4-2-13(10-20)24-16;;/h1,3,9,11,13,16H,2,4-8,10,20H2;2*1H/t13-,16+;;/m1../s1. The van der Waals surface area contributed by atoms with Crippen molar-refractivity contribution in [3.8, 4) is 0 Å². The summed E-state index contributed by atoms with van der Waals surface area (Å²) >= 11 is 6.01. The van der Waals surface area contributed by atoms with Crippen LogP contribution in [-0.2, 0) is 9.53 Å². The molecule has 1 aromatic heterocycles. The van der Waals surface area contributed by atoms with Crippen LogP contribution in [0.4, 0.5) is 0 Å². The minimum Gasteiger partial charge on any atom is -0.440 e. The Morgan fingerprint density at radius 1 is 1.22 bits per heavy atom. The van der Waals surface area contributed by atoms with E-state index < -0.39 is 0 Å². The molecule has 3 heterocycles. The van der Waals surface area contributed by atoms with Crippen molar-refractivity contribution in [2.45, 2.75) is 43.8 Å². The first-order chi connectivity index (χ1) is 12.1. The largest absolute Gasteiger partial charge is 0.440 e. The predicted molar refractivity (Wildman–Crippen MR) is 109 cm³/mol. The zero-order chi connectivity index (χ0) is 17.4. The fourth-order valence-corrected chi connectivity index (χ4v) is 3.87. The van der Waals surface area contributed by atoms with Crippen LogP contribution in [0.1, 0.15) is 37.5 Å². The second-order valence-corrected chi connectivity index (χ2v) is 7.26. The number of halogens is 3. The summed E-state index contributed by atoms with van der Waals surface area (Å²) in [5, 5.41) is 0.653. The second-order valence-electron chi connectivity index (χ2n) is 6.82. The number of nitrogens with zero attached hydrogens (tertiary/aromatic N) is 2. The van der Waals surface area contributed by atoms with E-state index in [0.29, 0.717) is 24.7 Å². The van der Waals surface area contributed by atoms with Gasteiger partial charge in [0.05, 0.1) is 6.10 Å². The molecule has 0 saturated carbocycles. The zero-order valence-corrected chi connectivity index (χ0v) is 17.2. The second kappa shape index (κ2) is 9.43. The van der Waals surface area contributed by atoms with Gasteiger partial charge in [-0.25, -0.2) is 4.98 Å². The van der Waals surface area contributed by atoms with Crippen LogP contribution >= 0.6 is 36.4 Å². The SMILES string of the molecule is Cl.Cl.NC[C@H]1CC[C@@H](C(=O)N2CCC(c3nc4cc(Cl)ccc4o3)CC2)O1. The monoisotopic (exact) mass is 435 g/mol. The molecule has 2 aromatic rings. The normalized spacial score (nSPS) is 23.1. The molecule has 9 heteroatoms. The van der Waals surface area contributed by atoms with Crippen molar-refractivity contribution in [2.24, 2.45) is 5.73 Å². The lowest BCUT2D eigenvalue weighted by Crippen LogP contribution is -2.43. The van der Waals surface area contributed by atoms with Crippen LogP contribution in [0, 0.1) is 0 Å². The van der Waals surface area contributed by atoms with Crippen LogP contribution < -0.4 is 5.73 Å². The smallest absolute Gasteiger partial charge is 0.251 e. The third kappa shape index (κ3) is 4.69. The summed E-state index contributed by atoms with van der Waals surface area (Å²) in [5.41, 5.74) is 7.16. The lowest BCUT2D eigenvalue weighted by atomic mass is 9.96. The number of nitrogens with two attached hydrogens (primary N) is 1. The maximum absolute atomic E-state index is 12.6. The third-order valence-corrected chi connectivity index (χ3v) is 5.40. The number of likely N-dealkylation sites (tertiary alicyclic amines) is 1. The molecule has 0 unspecified atom stereocenters. The molecule has 1 amide bonds. The Morgan fingerprint density at radius 2 is 1.96 bits per heavy atom. The number of hydrogen-bond donors (Lipinski definition) is 1. The summed E-state index contributed by atoms with van der Waals surface area (Å²) in [6.45, 7) is 1.89. The van der Waals surface area contributed by atoms with Crippen LogP contribution in [0.2, 0.25) is 5.02 Å². The number of amides is 1. The fourth-order valence-electron chi connectivity index (χ4n) is 3.70. The first-order valence-corrected chi connectivity index (χ1v) is 9.22. The van der Waals surface area contributed by atoms with E-state index in [1.807, 2.05) is 17.0 Å². The van der Waals surface area contributed by atoms with E-state index in [9.17, 15) is 4.79 Å². The molecule has 4 rings (SSSR count). The quantitative estimate of drug-likeness (QED) is 0.796. The molecule has 1 aromatic carbocycles. The topological polar surface area (TPSA) is 81.6 Å². The number of hydrogen-bond acceptors (Lipinski definition) is 5. The highest BCUT2D eigenvalue weighted by molar-refractivity contribution is 6.31. The summed E-state index contributed by atoms with van der Waals surface area (Å²) in [6, 6.07) is 5.46. The van der Waals surface area contributed by atoms with Gasteiger partial charge in [0.15, 0.2) is 11.5 Å². The molecule has 0 bridgehead atoms. The van der Waals surface area contributed by atoms with Crippen LogP contribution in [0.15, 0.2) is 22.6 Å². The first-order valence-electron chi connectivity index (χ1n) is 8.84. The minimum absolute atomic E-state index is 0. The first kappa shape index (κ1) is 22.2. The third-order valence-electron chi connectivity index (χ3n) is 5.17. The van der Waals surface area contributed by atoms with Crippen LogP contribution in [0.5, 0.6) is 0 Å². The number of ether oxygens (including phenoxy) is 1. The van der Waals surface area contributed by atoms with Crippen LogP contribution in [-0.4, -0.2) is 47.6 Å². The maximum Gasteiger partial charge on any atom is 0.251 e. The van der Waals surface area contributed by atoms with E-state index >= 15 is 0 Å². The Kier molecular flexibility index (Phi) is 7.77. The van der Waals surface area contributed by atoms with Gasteiger partial charge in [-0.05, 0) is 43.9 Å². The summed E-state index contributed by atoms with van der Waals surface area (Å²) in [6.07, 6.45) is 3.04. The molecule has 27 heavy (non-hydrogen) atoms. The Hall–Kier alpha value is -1.05. The van der Waals surface area contributed by atoms with E-state index in [1.165, 1.54) is 0 Å². The van der Waals surface area contributed by atoms with Crippen molar-refractivity contribution in [3.63, 3.8) is 0 Å². The molecule has 2 aliphatic heterocycles. The Bertz CT molecular complexity index is 778. The minimum atomic E-state index is -0.323. The lowest BCUT2D eigenvalue weighted by Gasteiger charge is -2.32. The number of piperidine rings is 1. The number of carbonyl (C=O) groups excluding carboxylic acids is 1. The number of aromatic nitrogens is 1. The molecule has 6 nitrogen and oxygen atoms in total. The van der Waals surface area contributed by atoms with E-state index in [-0.39, 0.29) is 48.8 Å². The number of carbonyl (C=O) groups is 1. The van der Waals surface area contributed by atoms with E-state index in [0.717, 1.165) is 42.7 Å². The molecular weight excluding hydrogens is 413 g/mol. The van der Waals surface area contributed by atoms with Crippen molar-refractivity contribution in [3.05, 3.63) is 29.1 Å². The highest BCUT2D eigenvalue weighted by Gasteiger charge is 2.35. The van der Waals surface area contributed by atoms with Crippen molar-refractivity contribution in [1.82, 2.24) is 9.88 Å². The average Bonchev–Trinajstić information content (AvgIpc) is 3.27. The van der Waals surface area contributed by atoms with Gasteiger partial charge >= 0.3 is 0 Å². The molecule has 2 fully saturated rings. The van der Waals surface area contributed by atoms with E-state index in [1.54, 1.807) is 6.07 Å². The van der Waals surface area contributed by atoms with Gasteiger partial charge < -0.3 is 19.8 Å². The van der Waals surface area contributed by atoms with Gasteiger partial charge in [0, 0.05) is 30.6 Å². The van der Waals surface area contributed by atoms with Gasteiger partial charge in [-0.15, -0.1) is 24.8 Å². The van der Waals surface area contributed by atoms with E-state index in [2.05, 4.69) is 4.98 Å². The lowest BCUT2D eigenvalue weighted by molar-refractivity contribution is -0.143. The molecule has 2 N–H and O–H groups in total. The predicted octanol–water partition coefficient (Wildman–Crippen LogP) is 3.54. The highest BCUT2D eigenvalue weighted by Crippen LogP contribution is 2.31. The maximum atomic E-state index is 12.6. The van der Waals surface area contributed by atoms with Gasteiger partial charge in [-0.3, -0.25) is 4.79 Å². The summed E-state index contributed by atoms with van der Waals surface area (Å²) in [7, 11) is 0. The molecule has 0 radical (unpaired) electrons. The molecule has 0 aliphatic carbocycles. The zero-order valence-electron chi connectivity index (χ0n) is 14.8. The highest BCUT2D eigenvalue weighted by atomic mass is 35.5. The Labute approximate surface area is 175 Å². The van der Waals surface area contributed by atoms with Crippen LogP contribution in [0.25, 0.3) is 11.1 Å². The van der Waals surface area contributed by atoms with Crippen molar-refractivity contribution >= 4 is 53.4 Å². The van der Waals surface area contributed by atoms with Gasteiger partial charge in [0.25, 0.3) is 5.91 Å². The number of oxazole rings is 1. The fraction of sp³-hybridized carbons (Fsp3) is 0.556. The number of fused-ring (bicyclic) bond motifs is 1. The van der Waals surface area contributed by atoms with Gasteiger partial charge in [0.1, 0.15) is 11.6 Å². The summed E-state index contributed by atoms with van der Waals surface area (Å²) in [4.78, 5) is 19.1. The van der Waals surface area contributed by atoms with Gasteiger partial charge in [-0.2, -0.15) is 0 Å². The molecular formula is C18H24Cl3N3O3. The number of rotatable bonds is 3. The van der Waals surface area contributed by atoms with Gasteiger partial charge in [0.2, 0.25) is 0 Å². The average molecular weight is 437 g/mol. The van der Waals surface area contributed by atoms with E-state index in [4.69, 9.17) is 26.5 Å². The summed E-state index contributed by atoms with van der Waals surface area (Å²) < 4.78 is 11.6.